The number of aromatic nitrogens is 2. The van der Waals surface area contributed by atoms with Gasteiger partial charge in [0, 0.05) is 12.5 Å². The lowest BCUT2D eigenvalue weighted by atomic mass is 10.1. The first-order valence-electron chi connectivity index (χ1n) is 4.07. The summed E-state index contributed by atoms with van der Waals surface area (Å²) in [5.41, 5.74) is -1.66. The number of nitrogens with one attached hydrogen (secondary N) is 2. The van der Waals surface area contributed by atoms with Crippen LogP contribution in [0.25, 0.3) is 0 Å². The van der Waals surface area contributed by atoms with Gasteiger partial charge >= 0.3 is 11.7 Å². The number of carbonyl (C=O) groups is 2. The third kappa shape index (κ3) is 3.22. The van der Waals surface area contributed by atoms with Gasteiger partial charge in [-0.1, -0.05) is 0 Å². The highest BCUT2D eigenvalue weighted by molar-refractivity contribution is 5.95. The Kier molecular flexibility index (Phi) is 3.17. The summed E-state index contributed by atoms with van der Waals surface area (Å²) in [4.78, 5) is 47.0. The van der Waals surface area contributed by atoms with E-state index in [2.05, 4.69) is 4.98 Å². The van der Waals surface area contributed by atoms with Crippen LogP contribution in [0.2, 0.25) is 0 Å². The van der Waals surface area contributed by atoms with Gasteiger partial charge in [-0.05, 0) is 0 Å². The highest BCUT2D eigenvalue weighted by atomic mass is 16.4. The molecule has 3 N–H and O–H groups in total. The number of aliphatic carboxylic acids is 1. The second-order valence-electron chi connectivity index (χ2n) is 2.82. The molecule has 0 saturated heterocycles. The number of H-pyrrole nitrogens is 2. The van der Waals surface area contributed by atoms with Crippen LogP contribution in [-0.4, -0.2) is 26.8 Å². The van der Waals surface area contributed by atoms with Crippen molar-refractivity contribution in [2.45, 2.75) is 12.8 Å². The first-order valence-corrected chi connectivity index (χ1v) is 4.07. The zero-order chi connectivity index (χ0) is 11.4. The predicted molar refractivity (Wildman–Crippen MR) is 48.9 cm³/mol. The van der Waals surface area contributed by atoms with E-state index in [1.54, 1.807) is 0 Å². The van der Waals surface area contributed by atoms with E-state index in [-0.39, 0.29) is 18.5 Å². The van der Waals surface area contributed by atoms with Gasteiger partial charge in [0.2, 0.25) is 0 Å². The fraction of sp³-hybridized carbons (Fsp3) is 0.250. The average Bonchev–Trinajstić information content (AvgIpc) is 2.12. The molecule has 80 valence electrons. The zero-order valence-electron chi connectivity index (χ0n) is 7.57. The van der Waals surface area contributed by atoms with Crippen LogP contribution in [-0.2, 0) is 4.79 Å². The van der Waals surface area contributed by atoms with Gasteiger partial charge in [-0.15, -0.1) is 0 Å². The molecule has 0 aliphatic carbocycles. The maximum atomic E-state index is 11.3. The summed E-state index contributed by atoms with van der Waals surface area (Å²) in [5.74, 6) is -1.70. The minimum atomic E-state index is -1.12. The smallest absolute Gasteiger partial charge is 0.326 e. The number of aromatic amines is 2. The molecule has 1 rings (SSSR count). The Bertz CT molecular complexity index is 470. The van der Waals surface area contributed by atoms with Crippen LogP contribution in [0.4, 0.5) is 0 Å². The maximum Gasteiger partial charge on any atom is 0.326 e. The fourth-order valence-electron chi connectivity index (χ4n) is 0.974. The summed E-state index contributed by atoms with van der Waals surface area (Å²) < 4.78 is 0. The number of carbonyl (C=O) groups excluding carboxylic acids is 1. The number of carboxylic acids is 1. The van der Waals surface area contributed by atoms with Gasteiger partial charge in [0.25, 0.3) is 5.56 Å². The molecule has 0 amide bonds. The van der Waals surface area contributed by atoms with E-state index in [9.17, 15) is 19.2 Å². The van der Waals surface area contributed by atoms with Crippen molar-refractivity contribution in [3.63, 3.8) is 0 Å². The normalized spacial score (nSPS) is 9.87. The molecule has 0 fully saturated rings. The fourth-order valence-corrected chi connectivity index (χ4v) is 0.974. The van der Waals surface area contributed by atoms with Crippen molar-refractivity contribution in [3.05, 3.63) is 32.6 Å². The Morgan fingerprint density at radius 2 is 1.87 bits per heavy atom. The Hall–Kier alpha value is -2.18. The minimum absolute atomic E-state index is 0.176. The number of hydrogen-bond acceptors (Lipinski definition) is 4. The number of rotatable bonds is 4. The van der Waals surface area contributed by atoms with Crippen LogP contribution >= 0.6 is 0 Å². The molecule has 0 unspecified atom stereocenters. The van der Waals surface area contributed by atoms with E-state index in [4.69, 9.17) is 5.11 Å². The third-order valence-corrected chi connectivity index (χ3v) is 1.63. The lowest BCUT2D eigenvalue weighted by Gasteiger charge is -1.97. The van der Waals surface area contributed by atoms with E-state index in [1.807, 2.05) is 4.98 Å². The number of carboxylic acid groups (broad SMARTS) is 1. The molecule has 1 aromatic rings. The molecule has 1 aromatic heterocycles. The molecule has 0 radical (unpaired) electrons. The first kappa shape index (κ1) is 10.9. The van der Waals surface area contributed by atoms with Crippen molar-refractivity contribution in [1.82, 2.24) is 9.97 Å². The average molecular weight is 212 g/mol. The molecular weight excluding hydrogens is 204 g/mol. The summed E-state index contributed by atoms with van der Waals surface area (Å²) in [6.45, 7) is 0. The molecule has 0 spiro atoms. The standard InChI is InChI=1S/C8H8N2O5/c11-5(1-2-7(13)14)4-3-6(12)10-8(15)9-4/h3H,1-2H2,(H,13,14)(H2,9,10,12,15). The van der Waals surface area contributed by atoms with Crippen molar-refractivity contribution in [2.24, 2.45) is 0 Å². The highest BCUT2D eigenvalue weighted by Gasteiger charge is 2.09. The third-order valence-electron chi connectivity index (χ3n) is 1.63. The molecule has 0 aliphatic rings. The van der Waals surface area contributed by atoms with Gasteiger partial charge in [-0.3, -0.25) is 19.4 Å². The van der Waals surface area contributed by atoms with Crippen LogP contribution in [0.1, 0.15) is 23.3 Å². The van der Waals surface area contributed by atoms with E-state index in [1.165, 1.54) is 0 Å². The van der Waals surface area contributed by atoms with Crippen LogP contribution in [0, 0.1) is 0 Å². The molecule has 0 aliphatic heterocycles. The molecule has 7 heteroatoms. The maximum absolute atomic E-state index is 11.3. The van der Waals surface area contributed by atoms with Crippen molar-refractivity contribution in [3.8, 4) is 0 Å². The summed E-state index contributed by atoms with van der Waals surface area (Å²) in [6, 6.07) is 0.922. The predicted octanol–water partition coefficient (Wildman–Crippen LogP) is -0.889. The van der Waals surface area contributed by atoms with Gasteiger partial charge in [-0.25, -0.2) is 4.79 Å². The Balaban J connectivity index is 2.87. The molecule has 15 heavy (non-hydrogen) atoms. The lowest BCUT2D eigenvalue weighted by molar-refractivity contribution is -0.136. The van der Waals surface area contributed by atoms with Gasteiger partial charge in [-0.2, -0.15) is 0 Å². The SMILES string of the molecule is O=C(O)CCC(=O)c1cc(=O)[nH]c(=O)[nH]1. The molecule has 1 heterocycles. The molecule has 0 saturated carbocycles. The van der Waals surface area contributed by atoms with Crippen LogP contribution in [0.5, 0.6) is 0 Å². The summed E-state index contributed by atoms with van der Waals surface area (Å²) in [5, 5.41) is 8.33. The van der Waals surface area contributed by atoms with Crippen LogP contribution in [0.15, 0.2) is 15.7 Å². The van der Waals surface area contributed by atoms with E-state index < -0.39 is 23.0 Å². The van der Waals surface area contributed by atoms with Crippen molar-refractivity contribution in [2.75, 3.05) is 0 Å². The molecular formula is C8H8N2O5. The lowest BCUT2D eigenvalue weighted by Crippen LogP contribution is -2.25. The largest absolute Gasteiger partial charge is 0.481 e. The van der Waals surface area contributed by atoms with Gasteiger partial charge in [0.1, 0.15) is 0 Å². The van der Waals surface area contributed by atoms with Gasteiger partial charge in [0.15, 0.2) is 5.78 Å². The van der Waals surface area contributed by atoms with Crippen molar-refractivity contribution in [1.29, 1.82) is 0 Å². The Morgan fingerprint density at radius 1 is 1.20 bits per heavy atom. The van der Waals surface area contributed by atoms with E-state index in [0.717, 1.165) is 6.07 Å². The van der Waals surface area contributed by atoms with Gasteiger partial charge < -0.3 is 10.1 Å². The van der Waals surface area contributed by atoms with E-state index in [0.29, 0.717) is 0 Å². The first-order chi connectivity index (χ1) is 6.99. The monoisotopic (exact) mass is 212 g/mol. The number of Topliss-reactive ketones (excluding diaryl/α,β-unsaturated/α-hetero) is 1. The van der Waals surface area contributed by atoms with Crippen molar-refractivity contribution < 1.29 is 14.7 Å². The Morgan fingerprint density at radius 3 is 2.40 bits per heavy atom. The molecule has 0 aromatic carbocycles. The number of hydrogen-bond donors (Lipinski definition) is 3. The summed E-state index contributed by atoms with van der Waals surface area (Å²) >= 11 is 0. The molecule has 0 bridgehead atoms. The molecule has 7 nitrogen and oxygen atoms in total. The minimum Gasteiger partial charge on any atom is -0.481 e. The second-order valence-corrected chi connectivity index (χ2v) is 2.82. The summed E-state index contributed by atoms with van der Waals surface area (Å²) in [7, 11) is 0. The highest BCUT2D eigenvalue weighted by Crippen LogP contribution is 1.98. The van der Waals surface area contributed by atoms with E-state index >= 15 is 0 Å². The van der Waals surface area contributed by atoms with Crippen LogP contribution in [0.3, 0.4) is 0 Å². The quantitative estimate of drug-likeness (QED) is 0.559. The Labute approximate surface area is 82.8 Å². The number of ketones is 1. The summed E-state index contributed by atoms with van der Waals surface area (Å²) in [6.07, 6.45) is -0.595. The topological polar surface area (TPSA) is 120 Å². The van der Waals surface area contributed by atoms with Gasteiger partial charge in [0.05, 0.1) is 12.1 Å². The second kappa shape index (κ2) is 4.36. The van der Waals surface area contributed by atoms with Crippen molar-refractivity contribution >= 4 is 11.8 Å². The van der Waals surface area contributed by atoms with Crippen LogP contribution < -0.4 is 11.2 Å². The molecule has 0 atom stereocenters. The zero-order valence-corrected chi connectivity index (χ0v) is 7.57.